The number of allylic oxidation sites excluding steroid dienone is 2. The number of nitrogens with one attached hydrogen (secondary N) is 1. The molecule has 2 N–H and O–H groups in total. The Labute approximate surface area is 175 Å². The van der Waals surface area contributed by atoms with Gasteiger partial charge in [0.15, 0.2) is 6.17 Å². The van der Waals surface area contributed by atoms with Crippen molar-refractivity contribution in [2.75, 3.05) is 19.7 Å². The third-order valence-corrected chi connectivity index (χ3v) is 6.38. The van der Waals surface area contributed by atoms with Crippen LogP contribution in [-0.4, -0.2) is 35.5 Å². The fourth-order valence-corrected chi connectivity index (χ4v) is 4.38. The van der Waals surface area contributed by atoms with Gasteiger partial charge < -0.3 is 10.4 Å². The summed E-state index contributed by atoms with van der Waals surface area (Å²) < 4.78 is 0.906. The molecule has 1 aliphatic heterocycles. The molecular formula is C25H49N2O+. The summed E-state index contributed by atoms with van der Waals surface area (Å²) in [6.07, 6.45) is 29.9. The van der Waals surface area contributed by atoms with E-state index in [1.165, 1.54) is 96.3 Å². The minimum Gasteiger partial charge on any atom is -0.390 e. The molecule has 1 aliphatic rings. The lowest BCUT2D eigenvalue weighted by molar-refractivity contribution is -0.900. The van der Waals surface area contributed by atoms with Crippen LogP contribution in [0.25, 0.3) is 0 Å². The van der Waals surface area contributed by atoms with Gasteiger partial charge in [0.1, 0.15) is 12.7 Å². The van der Waals surface area contributed by atoms with Crippen LogP contribution in [0, 0.1) is 0 Å². The van der Waals surface area contributed by atoms with Crippen LogP contribution in [0.15, 0.2) is 24.6 Å². The highest BCUT2D eigenvalue weighted by Gasteiger charge is 2.35. The Bertz CT molecular complexity index is 407. The average molecular weight is 394 g/mol. The van der Waals surface area contributed by atoms with Crippen molar-refractivity contribution in [1.29, 1.82) is 0 Å². The molecule has 0 saturated heterocycles. The Kier molecular flexibility index (Phi) is 15.4. The van der Waals surface area contributed by atoms with E-state index in [1.54, 1.807) is 0 Å². The third-order valence-electron chi connectivity index (χ3n) is 6.38. The molecule has 3 nitrogen and oxygen atoms in total. The largest absolute Gasteiger partial charge is 0.390 e. The van der Waals surface area contributed by atoms with E-state index in [2.05, 4.69) is 43.7 Å². The molecule has 0 amide bonds. The van der Waals surface area contributed by atoms with Gasteiger partial charge >= 0.3 is 0 Å². The Morgan fingerprint density at radius 3 is 1.96 bits per heavy atom. The number of quaternary nitrogens is 1. The minimum absolute atomic E-state index is 0.268. The van der Waals surface area contributed by atoms with Crippen LogP contribution in [0.2, 0.25) is 0 Å². The molecule has 2 atom stereocenters. The van der Waals surface area contributed by atoms with Crippen molar-refractivity contribution >= 4 is 0 Å². The highest BCUT2D eigenvalue weighted by Crippen LogP contribution is 2.22. The van der Waals surface area contributed by atoms with Crippen LogP contribution in [0.1, 0.15) is 110 Å². The summed E-state index contributed by atoms with van der Waals surface area (Å²) in [5.74, 6) is 0. The molecule has 1 rings (SSSR count). The molecule has 0 aliphatic carbocycles. The summed E-state index contributed by atoms with van der Waals surface area (Å²) >= 11 is 0. The summed E-state index contributed by atoms with van der Waals surface area (Å²) in [6, 6.07) is 0. The highest BCUT2D eigenvalue weighted by molar-refractivity contribution is 4.84. The summed E-state index contributed by atoms with van der Waals surface area (Å²) in [4.78, 5) is 0. The molecule has 3 heteroatoms. The average Bonchev–Trinajstić information content (AvgIpc) is 3.11. The Morgan fingerprint density at radius 1 is 0.821 bits per heavy atom. The monoisotopic (exact) mass is 393 g/mol. The van der Waals surface area contributed by atoms with Gasteiger partial charge in [0.05, 0.1) is 19.4 Å². The third kappa shape index (κ3) is 10.7. The first-order chi connectivity index (χ1) is 13.8. The van der Waals surface area contributed by atoms with Gasteiger partial charge in [-0.3, -0.25) is 4.48 Å². The zero-order valence-electron chi connectivity index (χ0n) is 19.0. The van der Waals surface area contributed by atoms with Crippen molar-refractivity contribution in [2.24, 2.45) is 0 Å². The molecule has 0 fully saturated rings. The van der Waals surface area contributed by atoms with Gasteiger partial charge in [-0.25, -0.2) is 0 Å². The minimum atomic E-state index is 0.268. The van der Waals surface area contributed by atoms with Crippen molar-refractivity contribution < 1.29 is 9.59 Å². The molecule has 2 unspecified atom stereocenters. The SMILES string of the molecule is CCCCCCC/C=C/CCCCCCCCCC1NC=C[N+]1(CC)CCO. The van der Waals surface area contributed by atoms with E-state index in [1.807, 2.05) is 0 Å². The molecule has 0 radical (unpaired) electrons. The van der Waals surface area contributed by atoms with Crippen LogP contribution >= 0.6 is 0 Å². The topological polar surface area (TPSA) is 32.3 Å². The molecule has 0 saturated carbocycles. The summed E-state index contributed by atoms with van der Waals surface area (Å²) in [5.41, 5.74) is 0. The van der Waals surface area contributed by atoms with E-state index >= 15 is 0 Å². The van der Waals surface area contributed by atoms with Crippen LogP contribution < -0.4 is 5.32 Å². The van der Waals surface area contributed by atoms with Gasteiger partial charge in [-0.05, 0) is 39.0 Å². The Balaban J connectivity index is 1.89. The normalized spacial score (nSPS) is 21.6. The van der Waals surface area contributed by atoms with Gasteiger partial charge in [0.2, 0.25) is 0 Å². The molecule has 164 valence electrons. The number of hydrogen-bond acceptors (Lipinski definition) is 2. The van der Waals surface area contributed by atoms with Crippen molar-refractivity contribution in [3.05, 3.63) is 24.6 Å². The van der Waals surface area contributed by atoms with E-state index in [0.717, 1.165) is 17.6 Å². The van der Waals surface area contributed by atoms with Gasteiger partial charge in [-0.2, -0.15) is 0 Å². The highest BCUT2D eigenvalue weighted by atomic mass is 16.3. The van der Waals surface area contributed by atoms with Crippen molar-refractivity contribution in [1.82, 2.24) is 5.32 Å². The number of hydrogen-bond donors (Lipinski definition) is 2. The van der Waals surface area contributed by atoms with Gasteiger partial charge in [0, 0.05) is 6.42 Å². The maximum absolute atomic E-state index is 9.37. The Hall–Kier alpha value is -0.800. The summed E-state index contributed by atoms with van der Waals surface area (Å²) in [7, 11) is 0. The number of nitrogens with zero attached hydrogens (tertiary/aromatic N) is 1. The van der Waals surface area contributed by atoms with E-state index in [-0.39, 0.29) is 6.61 Å². The van der Waals surface area contributed by atoms with E-state index in [4.69, 9.17) is 0 Å². The molecule has 1 heterocycles. The van der Waals surface area contributed by atoms with Crippen molar-refractivity contribution in [2.45, 2.75) is 116 Å². The number of aliphatic hydroxyl groups is 1. The second kappa shape index (κ2) is 17.1. The number of rotatable bonds is 19. The van der Waals surface area contributed by atoms with E-state index in [9.17, 15) is 5.11 Å². The van der Waals surface area contributed by atoms with Crippen molar-refractivity contribution in [3.8, 4) is 0 Å². The maximum Gasteiger partial charge on any atom is 0.166 e. The first kappa shape index (κ1) is 25.2. The zero-order valence-corrected chi connectivity index (χ0v) is 19.0. The molecule has 0 spiro atoms. The zero-order chi connectivity index (χ0) is 20.3. The second-order valence-electron chi connectivity index (χ2n) is 8.59. The quantitative estimate of drug-likeness (QED) is 0.146. The molecule has 0 aromatic heterocycles. The number of unbranched alkanes of at least 4 members (excludes halogenated alkanes) is 12. The molecule has 0 aromatic rings. The lowest BCUT2D eigenvalue weighted by atomic mass is 10.1. The molecule has 28 heavy (non-hydrogen) atoms. The summed E-state index contributed by atoms with van der Waals surface area (Å²) in [5, 5.41) is 12.9. The fraction of sp³-hybridized carbons (Fsp3) is 0.840. The Morgan fingerprint density at radius 2 is 1.39 bits per heavy atom. The van der Waals surface area contributed by atoms with E-state index in [0.29, 0.717) is 6.17 Å². The number of likely N-dealkylation sites (N-methyl/N-ethyl adjacent to an activating group) is 1. The smallest absolute Gasteiger partial charge is 0.166 e. The molecule has 0 aromatic carbocycles. The number of aliphatic hydroxyl groups excluding tert-OH is 1. The lowest BCUT2D eigenvalue weighted by Gasteiger charge is -2.36. The second-order valence-corrected chi connectivity index (χ2v) is 8.59. The van der Waals surface area contributed by atoms with Crippen LogP contribution in [0.3, 0.4) is 0 Å². The van der Waals surface area contributed by atoms with Gasteiger partial charge in [-0.15, -0.1) is 0 Å². The van der Waals surface area contributed by atoms with Gasteiger partial charge in [0.25, 0.3) is 0 Å². The lowest BCUT2D eigenvalue weighted by Crippen LogP contribution is -2.54. The molecular weight excluding hydrogens is 344 g/mol. The first-order valence-electron chi connectivity index (χ1n) is 12.3. The predicted octanol–water partition coefficient (Wildman–Crippen LogP) is 6.64. The molecule has 0 bridgehead atoms. The fourth-order valence-electron chi connectivity index (χ4n) is 4.38. The van der Waals surface area contributed by atoms with E-state index < -0.39 is 0 Å². The van der Waals surface area contributed by atoms with Gasteiger partial charge in [-0.1, -0.05) is 76.9 Å². The van der Waals surface area contributed by atoms with Crippen LogP contribution in [0.5, 0.6) is 0 Å². The predicted molar refractivity (Wildman–Crippen MR) is 123 cm³/mol. The van der Waals surface area contributed by atoms with Crippen LogP contribution in [0.4, 0.5) is 0 Å². The standard InChI is InChI=1S/C25H49N2O/c1-3-5-6-7-8-9-10-11-12-13-14-15-16-17-18-19-20-25-26-21-22-27(25,4-2)23-24-28/h10-11,21-22,25-26,28H,3-9,12-20,23-24H2,1-2H3/q+1/b11-10+. The summed E-state index contributed by atoms with van der Waals surface area (Å²) in [6.45, 7) is 6.66. The van der Waals surface area contributed by atoms with Crippen molar-refractivity contribution in [3.63, 3.8) is 0 Å². The van der Waals surface area contributed by atoms with Crippen LogP contribution in [-0.2, 0) is 0 Å². The maximum atomic E-state index is 9.37. The first-order valence-corrected chi connectivity index (χ1v) is 12.3.